The number of halogens is 4. The molecule has 5 fully saturated rings. The van der Waals surface area contributed by atoms with Crippen LogP contribution >= 0.6 is 23.4 Å². The zero-order chi connectivity index (χ0) is 27.9. The number of thioether (sulfide) groups is 1. The highest BCUT2D eigenvalue weighted by Gasteiger charge is 2.48. The van der Waals surface area contributed by atoms with Gasteiger partial charge in [-0.3, -0.25) is 25.6 Å². The van der Waals surface area contributed by atoms with Crippen LogP contribution in [0.1, 0.15) is 19.8 Å². The number of hydrogen-bond donors (Lipinski definition) is 5. The molecule has 0 bridgehead atoms. The first kappa shape index (κ1) is 29.6. The van der Waals surface area contributed by atoms with E-state index in [-0.39, 0.29) is 71.1 Å². The number of methoxy groups -OCH3 is 1. The van der Waals surface area contributed by atoms with Gasteiger partial charge in [-0.25, -0.2) is 5.01 Å². The summed E-state index contributed by atoms with van der Waals surface area (Å²) in [5.41, 5.74) is 2.29. The second-order valence-electron chi connectivity index (χ2n) is 11.5. The van der Waals surface area contributed by atoms with E-state index in [0.29, 0.717) is 32.2 Å². The Bertz CT molecular complexity index is 894. The molecule has 0 spiro atoms. The van der Waals surface area contributed by atoms with Gasteiger partial charge in [0.25, 0.3) is 0 Å². The maximum Gasteiger partial charge on any atom is 0.402 e. The SMILES string of the molecule is COC1CNC(Cl)CC1C1CC(C)NCC1C(=O)NC1NC2CN(C(=O)C3CNN(CC(F)(F)F)C3)CC2S1. The van der Waals surface area contributed by atoms with Crippen molar-refractivity contribution in [1.82, 2.24) is 36.6 Å². The van der Waals surface area contributed by atoms with E-state index in [9.17, 15) is 22.8 Å². The van der Waals surface area contributed by atoms with Crippen LogP contribution in [0.4, 0.5) is 13.2 Å². The standard InChI is InChI=1S/C24H39ClF3N7O3S/c1-12-3-14(15-4-20(25)30-7-18(15)38-2)16(6-29-12)21(36)33-23-32-17-9-34(10-19(17)39-23)22(37)13-5-31-35(8-13)11-24(26,27)28/h12-20,23,29-32H,3-11H2,1-2H3,(H,33,36). The van der Waals surface area contributed by atoms with Gasteiger partial charge in [0.15, 0.2) is 0 Å². The van der Waals surface area contributed by atoms with Crippen molar-refractivity contribution in [2.45, 2.75) is 60.4 Å². The highest BCUT2D eigenvalue weighted by Crippen LogP contribution is 2.38. The van der Waals surface area contributed by atoms with E-state index in [1.54, 1.807) is 23.8 Å². The fourth-order valence-corrected chi connectivity index (χ4v) is 8.54. The fraction of sp³-hybridized carbons (Fsp3) is 0.917. The van der Waals surface area contributed by atoms with Crippen molar-refractivity contribution in [2.24, 2.45) is 23.7 Å². The molecule has 0 aromatic rings. The number of amides is 2. The molecule has 10 atom stereocenters. The summed E-state index contributed by atoms with van der Waals surface area (Å²) < 4.78 is 43.8. The summed E-state index contributed by atoms with van der Waals surface area (Å²) in [4.78, 5) is 28.3. The van der Waals surface area contributed by atoms with Crippen molar-refractivity contribution in [3.05, 3.63) is 0 Å². The van der Waals surface area contributed by atoms with E-state index >= 15 is 0 Å². The lowest BCUT2D eigenvalue weighted by Gasteiger charge is -2.45. The number of nitrogens with zero attached hydrogens (tertiary/aromatic N) is 2. The topological polar surface area (TPSA) is 110 Å². The van der Waals surface area contributed by atoms with Crippen LogP contribution < -0.4 is 26.7 Å². The Balaban J connectivity index is 1.13. The van der Waals surface area contributed by atoms with Crippen molar-refractivity contribution in [1.29, 1.82) is 0 Å². The Morgan fingerprint density at radius 1 is 1.10 bits per heavy atom. The third-order valence-electron chi connectivity index (χ3n) is 8.76. The Labute approximate surface area is 236 Å². The van der Waals surface area contributed by atoms with Crippen LogP contribution in [0.15, 0.2) is 0 Å². The van der Waals surface area contributed by atoms with Gasteiger partial charge in [-0.05, 0) is 31.6 Å². The number of carbonyl (C=O) groups excluding carboxylic acids is 2. The van der Waals surface area contributed by atoms with Crippen LogP contribution in [0.25, 0.3) is 0 Å². The highest BCUT2D eigenvalue weighted by molar-refractivity contribution is 8.00. The molecule has 5 rings (SSSR count). The number of hydrogen-bond acceptors (Lipinski definition) is 9. The minimum Gasteiger partial charge on any atom is -0.380 e. The molecule has 5 aliphatic heterocycles. The van der Waals surface area contributed by atoms with E-state index in [2.05, 4.69) is 33.6 Å². The van der Waals surface area contributed by atoms with E-state index in [1.165, 1.54) is 0 Å². The minimum absolute atomic E-state index is 0.00130. The molecule has 0 aliphatic carbocycles. The first-order valence-corrected chi connectivity index (χ1v) is 15.1. The zero-order valence-corrected chi connectivity index (χ0v) is 23.7. The summed E-state index contributed by atoms with van der Waals surface area (Å²) in [6.45, 7) is 3.57. The van der Waals surface area contributed by atoms with Gasteiger partial charge in [0.05, 0.1) is 23.4 Å². The number of alkyl halides is 4. The molecule has 15 heteroatoms. The molecule has 2 amide bonds. The molecule has 10 nitrogen and oxygen atoms in total. The number of piperidine rings is 2. The third kappa shape index (κ3) is 6.96. The van der Waals surface area contributed by atoms with Crippen LogP contribution in [-0.4, -0.2) is 115 Å². The molecule has 5 saturated heterocycles. The molecule has 39 heavy (non-hydrogen) atoms. The quantitative estimate of drug-likeness (QED) is 0.215. The normalized spacial score (nSPS) is 41.5. The Morgan fingerprint density at radius 2 is 1.90 bits per heavy atom. The Kier molecular flexibility index (Phi) is 9.24. The van der Waals surface area contributed by atoms with Crippen LogP contribution in [0, 0.1) is 23.7 Å². The zero-order valence-electron chi connectivity index (χ0n) is 22.2. The lowest BCUT2D eigenvalue weighted by atomic mass is 9.70. The van der Waals surface area contributed by atoms with Gasteiger partial charge in [0, 0.05) is 63.7 Å². The van der Waals surface area contributed by atoms with Gasteiger partial charge in [0.1, 0.15) is 12.0 Å². The summed E-state index contributed by atoms with van der Waals surface area (Å²) in [5, 5.41) is 14.5. The van der Waals surface area contributed by atoms with Gasteiger partial charge in [0.2, 0.25) is 11.8 Å². The Morgan fingerprint density at radius 3 is 2.62 bits per heavy atom. The minimum atomic E-state index is -4.31. The predicted octanol–water partition coefficient (Wildman–Crippen LogP) is 0.104. The second-order valence-corrected chi connectivity index (χ2v) is 13.4. The van der Waals surface area contributed by atoms with Crippen molar-refractivity contribution in [2.75, 3.05) is 52.9 Å². The van der Waals surface area contributed by atoms with Gasteiger partial charge in [-0.15, -0.1) is 23.4 Å². The lowest BCUT2D eigenvalue weighted by Crippen LogP contribution is -2.57. The average molecular weight is 598 g/mol. The van der Waals surface area contributed by atoms with E-state index in [4.69, 9.17) is 16.3 Å². The number of nitrogens with one attached hydrogen (secondary N) is 5. The molecule has 5 aliphatic rings. The van der Waals surface area contributed by atoms with Gasteiger partial charge >= 0.3 is 6.18 Å². The first-order valence-electron chi connectivity index (χ1n) is 13.7. The lowest BCUT2D eigenvalue weighted by molar-refractivity contribution is -0.150. The molecule has 5 heterocycles. The van der Waals surface area contributed by atoms with Gasteiger partial charge < -0.3 is 20.3 Å². The molecule has 0 radical (unpaired) electrons. The smallest absolute Gasteiger partial charge is 0.380 e. The molecule has 10 unspecified atom stereocenters. The summed E-state index contributed by atoms with van der Waals surface area (Å²) in [6, 6.07) is 0.321. The van der Waals surface area contributed by atoms with E-state index in [0.717, 1.165) is 17.9 Å². The number of likely N-dealkylation sites (tertiary alicyclic amines) is 1. The number of fused-ring (bicyclic) bond motifs is 1. The van der Waals surface area contributed by atoms with Crippen molar-refractivity contribution < 1.29 is 27.5 Å². The number of rotatable bonds is 6. The third-order valence-corrected chi connectivity index (χ3v) is 10.5. The fourth-order valence-electron chi connectivity index (χ4n) is 6.84. The van der Waals surface area contributed by atoms with Gasteiger partial charge in [-0.1, -0.05) is 0 Å². The van der Waals surface area contributed by atoms with Crippen LogP contribution in [0.3, 0.4) is 0 Å². The molecule has 0 aromatic carbocycles. The largest absolute Gasteiger partial charge is 0.402 e. The van der Waals surface area contributed by atoms with Crippen molar-refractivity contribution in [3.63, 3.8) is 0 Å². The van der Waals surface area contributed by atoms with Crippen LogP contribution in [0.5, 0.6) is 0 Å². The summed E-state index contributed by atoms with van der Waals surface area (Å²) >= 11 is 8.04. The van der Waals surface area contributed by atoms with Gasteiger partial charge in [-0.2, -0.15) is 13.2 Å². The molecule has 0 aromatic heterocycles. The average Bonchev–Trinajstić information content (AvgIpc) is 3.58. The monoisotopic (exact) mass is 597 g/mol. The van der Waals surface area contributed by atoms with Crippen molar-refractivity contribution in [3.8, 4) is 0 Å². The van der Waals surface area contributed by atoms with Crippen LogP contribution in [0.2, 0.25) is 0 Å². The molecule has 0 saturated carbocycles. The second kappa shape index (κ2) is 12.2. The Hall–Kier alpha value is -0.870. The first-order chi connectivity index (χ1) is 18.5. The van der Waals surface area contributed by atoms with Crippen molar-refractivity contribution >= 4 is 35.2 Å². The molecular weight excluding hydrogens is 559 g/mol. The highest BCUT2D eigenvalue weighted by atomic mass is 35.5. The molecular formula is C24H39ClF3N7O3S. The summed E-state index contributed by atoms with van der Waals surface area (Å²) in [5.74, 6) is -0.505. The maximum atomic E-state index is 13.5. The number of hydrazine groups is 1. The van der Waals surface area contributed by atoms with E-state index < -0.39 is 18.6 Å². The van der Waals surface area contributed by atoms with Crippen LogP contribution in [-0.2, 0) is 14.3 Å². The number of carbonyl (C=O) groups is 2. The maximum absolute atomic E-state index is 13.5. The predicted molar refractivity (Wildman–Crippen MR) is 142 cm³/mol. The molecule has 5 N–H and O–H groups in total. The summed E-state index contributed by atoms with van der Waals surface area (Å²) in [6.07, 6.45) is -2.69. The molecule has 222 valence electrons. The number of ether oxygens (including phenoxy) is 1. The van der Waals surface area contributed by atoms with E-state index in [1.807, 2.05) is 0 Å². The summed E-state index contributed by atoms with van der Waals surface area (Å²) in [7, 11) is 1.71.